The molecular formula is C34H38F4N6O4. The summed E-state index contributed by atoms with van der Waals surface area (Å²) >= 11 is 0. The van der Waals surface area contributed by atoms with Gasteiger partial charge in [-0.15, -0.1) is 0 Å². The lowest BCUT2D eigenvalue weighted by Crippen LogP contribution is -2.44. The zero-order chi connectivity index (χ0) is 34.2. The summed E-state index contributed by atoms with van der Waals surface area (Å²) in [4.78, 5) is 31.8. The minimum atomic E-state index is -4.71. The number of H-pyrrole nitrogens is 1. The van der Waals surface area contributed by atoms with Gasteiger partial charge in [-0.25, -0.2) is 19.3 Å². The van der Waals surface area contributed by atoms with Gasteiger partial charge >= 0.3 is 12.1 Å². The Morgan fingerprint density at radius 1 is 1.17 bits per heavy atom. The number of methoxy groups -OCH3 is 1. The molecule has 2 aliphatic rings. The SMILES string of the molecule is CCOc1ncc(-c2cc(N(C)CC3(COC)CCC3)c3[nH]c(-c4ccc(N5CCC(C(=O)O)CC5)cc4F)nc3n2)cc1C(F)(F)F. The first kappa shape index (κ1) is 33.4. The van der Waals surface area contributed by atoms with E-state index in [0.717, 1.165) is 25.3 Å². The monoisotopic (exact) mass is 670 g/mol. The Morgan fingerprint density at radius 3 is 2.52 bits per heavy atom. The van der Waals surface area contributed by atoms with Crippen LogP contribution >= 0.6 is 0 Å². The number of benzene rings is 1. The van der Waals surface area contributed by atoms with Crippen LogP contribution in [0, 0.1) is 17.2 Å². The Hall–Kier alpha value is -4.46. The van der Waals surface area contributed by atoms with Crippen LogP contribution < -0.4 is 14.5 Å². The highest BCUT2D eigenvalue weighted by molar-refractivity contribution is 5.91. The predicted molar refractivity (Wildman–Crippen MR) is 173 cm³/mol. The molecule has 2 N–H and O–H groups in total. The van der Waals surface area contributed by atoms with Gasteiger partial charge in [-0.05, 0) is 62.9 Å². The maximum atomic E-state index is 15.7. The van der Waals surface area contributed by atoms with Crippen LogP contribution in [0.4, 0.5) is 28.9 Å². The zero-order valence-electron chi connectivity index (χ0n) is 27.0. The number of alkyl halides is 3. The number of carbonyl (C=O) groups is 1. The van der Waals surface area contributed by atoms with Gasteiger partial charge in [-0.3, -0.25) is 4.79 Å². The number of aliphatic carboxylic acids is 1. The van der Waals surface area contributed by atoms with E-state index in [2.05, 4.69) is 19.9 Å². The lowest BCUT2D eigenvalue weighted by molar-refractivity contribution is -0.142. The van der Waals surface area contributed by atoms with E-state index in [1.54, 1.807) is 32.2 Å². The minimum absolute atomic E-state index is 0.0224. The molecule has 0 amide bonds. The number of hydrogen-bond acceptors (Lipinski definition) is 8. The van der Waals surface area contributed by atoms with Gasteiger partial charge in [0, 0.05) is 56.7 Å². The van der Waals surface area contributed by atoms with E-state index < -0.39 is 35.3 Å². The summed E-state index contributed by atoms with van der Waals surface area (Å²) in [6.45, 7) is 3.80. The molecule has 0 unspecified atom stereocenters. The lowest BCUT2D eigenvalue weighted by atomic mass is 9.69. The Labute approximate surface area is 275 Å². The van der Waals surface area contributed by atoms with Crippen LogP contribution in [0.5, 0.6) is 5.88 Å². The molecule has 0 radical (unpaired) electrons. The van der Waals surface area contributed by atoms with Crippen molar-refractivity contribution in [1.29, 1.82) is 0 Å². The van der Waals surface area contributed by atoms with Crippen LogP contribution in [-0.2, 0) is 15.7 Å². The molecular weight excluding hydrogens is 632 g/mol. The molecule has 48 heavy (non-hydrogen) atoms. The van der Waals surface area contributed by atoms with Gasteiger partial charge in [0.15, 0.2) is 5.65 Å². The molecule has 0 spiro atoms. The Balaban J connectivity index is 1.40. The zero-order valence-corrected chi connectivity index (χ0v) is 27.0. The van der Waals surface area contributed by atoms with E-state index in [4.69, 9.17) is 9.47 Å². The van der Waals surface area contributed by atoms with Crippen LogP contribution in [0.25, 0.3) is 33.8 Å². The second-order valence-electron chi connectivity index (χ2n) is 12.7. The molecule has 2 fully saturated rings. The summed E-state index contributed by atoms with van der Waals surface area (Å²) in [5, 5.41) is 9.31. The quantitative estimate of drug-likeness (QED) is 0.166. The van der Waals surface area contributed by atoms with Crippen LogP contribution in [-0.4, -0.2) is 78.0 Å². The molecule has 1 saturated carbocycles. The lowest BCUT2D eigenvalue weighted by Gasteiger charge is -2.44. The number of aromatic nitrogens is 4. The Morgan fingerprint density at radius 2 is 1.92 bits per heavy atom. The molecule has 10 nitrogen and oxygen atoms in total. The normalized spacial score (nSPS) is 16.6. The van der Waals surface area contributed by atoms with Gasteiger partial charge < -0.3 is 29.4 Å². The summed E-state index contributed by atoms with van der Waals surface area (Å²) < 4.78 is 68.4. The number of halogens is 4. The molecule has 0 bridgehead atoms. The smallest absolute Gasteiger partial charge is 0.421 e. The van der Waals surface area contributed by atoms with Crippen molar-refractivity contribution in [3.05, 3.63) is 47.9 Å². The van der Waals surface area contributed by atoms with Crippen LogP contribution in [0.15, 0.2) is 36.5 Å². The number of aromatic amines is 1. The maximum Gasteiger partial charge on any atom is 0.421 e. The molecule has 4 heterocycles. The number of piperidine rings is 1. The number of anilines is 2. The van der Waals surface area contributed by atoms with E-state index in [9.17, 15) is 23.1 Å². The summed E-state index contributed by atoms with van der Waals surface area (Å²) in [5.74, 6) is -2.04. The second kappa shape index (κ2) is 13.2. The van der Waals surface area contributed by atoms with E-state index in [-0.39, 0.29) is 40.3 Å². The van der Waals surface area contributed by atoms with E-state index in [1.807, 2.05) is 16.8 Å². The fourth-order valence-corrected chi connectivity index (χ4v) is 6.79. The van der Waals surface area contributed by atoms with Gasteiger partial charge in [0.05, 0.1) is 36.1 Å². The van der Waals surface area contributed by atoms with Crippen molar-refractivity contribution < 1.29 is 36.9 Å². The van der Waals surface area contributed by atoms with Gasteiger partial charge in [-0.2, -0.15) is 13.2 Å². The van der Waals surface area contributed by atoms with Gasteiger partial charge in [0.25, 0.3) is 0 Å². The fourth-order valence-electron chi connectivity index (χ4n) is 6.79. The molecule has 3 aromatic heterocycles. The average molecular weight is 671 g/mol. The number of fused-ring (bicyclic) bond motifs is 1. The maximum absolute atomic E-state index is 15.7. The number of rotatable bonds is 11. The summed E-state index contributed by atoms with van der Waals surface area (Å²) in [6, 6.07) is 7.46. The Bertz CT molecular complexity index is 1800. The first-order chi connectivity index (χ1) is 22.9. The van der Waals surface area contributed by atoms with E-state index >= 15 is 4.39 Å². The van der Waals surface area contributed by atoms with Crippen molar-refractivity contribution >= 4 is 28.5 Å². The standard InChI is InChI=1S/C34H38F4N6O4/c1-4-48-31-24(34(36,37)38)14-21(17-39-31)26-16-27(43(2)18-33(19-47-3)10-5-11-33)28-30(40-26)42-29(41-28)23-7-6-22(15-25(23)35)44-12-8-20(9-13-44)32(45)46/h6-7,14-17,20H,4-5,8-13,18-19H2,1-3H3,(H,45,46)(H,40,41,42). The summed E-state index contributed by atoms with van der Waals surface area (Å²) in [6.07, 6.45) is 0.575. The molecule has 1 aliphatic carbocycles. The molecule has 4 aromatic rings. The third-order valence-corrected chi connectivity index (χ3v) is 9.44. The molecule has 14 heteroatoms. The number of carboxylic acid groups (broad SMARTS) is 1. The third-order valence-electron chi connectivity index (χ3n) is 9.44. The van der Waals surface area contributed by atoms with Gasteiger partial charge in [-0.1, -0.05) is 6.42 Å². The molecule has 1 aliphatic heterocycles. The average Bonchev–Trinajstić information content (AvgIpc) is 3.47. The van der Waals surface area contributed by atoms with Crippen LogP contribution in [0.1, 0.15) is 44.6 Å². The predicted octanol–water partition coefficient (Wildman–Crippen LogP) is 6.80. The first-order valence-corrected chi connectivity index (χ1v) is 16.0. The van der Waals surface area contributed by atoms with Crippen molar-refractivity contribution in [1.82, 2.24) is 19.9 Å². The number of ether oxygens (including phenoxy) is 2. The van der Waals surface area contributed by atoms with Crippen molar-refractivity contribution in [2.45, 2.75) is 45.2 Å². The number of imidazole rings is 1. The molecule has 0 atom stereocenters. The van der Waals surface area contributed by atoms with Crippen LogP contribution in [0.2, 0.25) is 0 Å². The third kappa shape index (κ3) is 6.62. The van der Waals surface area contributed by atoms with Crippen molar-refractivity contribution in [3.63, 3.8) is 0 Å². The minimum Gasteiger partial charge on any atom is -0.481 e. The van der Waals surface area contributed by atoms with Crippen LogP contribution in [0.3, 0.4) is 0 Å². The topological polar surface area (TPSA) is 117 Å². The highest BCUT2D eigenvalue weighted by atomic mass is 19.4. The first-order valence-electron chi connectivity index (χ1n) is 16.0. The van der Waals surface area contributed by atoms with Gasteiger partial charge in [0.2, 0.25) is 5.88 Å². The molecule has 256 valence electrons. The highest BCUT2D eigenvalue weighted by Gasteiger charge is 2.39. The number of nitrogens with one attached hydrogen (secondary N) is 1. The molecule has 1 aromatic carbocycles. The van der Waals surface area contributed by atoms with Gasteiger partial charge in [0.1, 0.15) is 22.7 Å². The Kier molecular flexibility index (Phi) is 9.20. The van der Waals surface area contributed by atoms with E-state index in [1.165, 1.54) is 12.3 Å². The fraction of sp³-hybridized carbons (Fsp3) is 0.471. The largest absolute Gasteiger partial charge is 0.481 e. The summed E-state index contributed by atoms with van der Waals surface area (Å²) in [7, 11) is 3.56. The molecule has 6 rings (SSSR count). The highest BCUT2D eigenvalue weighted by Crippen LogP contribution is 2.44. The van der Waals surface area contributed by atoms with Crippen molar-refractivity contribution in [2.24, 2.45) is 11.3 Å². The van der Waals surface area contributed by atoms with Crippen molar-refractivity contribution in [2.75, 3.05) is 56.8 Å². The molecule has 1 saturated heterocycles. The number of nitrogens with zero attached hydrogens (tertiary/aromatic N) is 5. The van der Waals surface area contributed by atoms with Crippen molar-refractivity contribution in [3.8, 4) is 28.5 Å². The number of pyridine rings is 2. The summed E-state index contributed by atoms with van der Waals surface area (Å²) in [5.41, 5.74) is 1.46. The number of carboxylic acids is 1. The number of hydrogen-bond donors (Lipinski definition) is 2. The second-order valence-corrected chi connectivity index (χ2v) is 12.7. The van der Waals surface area contributed by atoms with E-state index in [0.29, 0.717) is 56.0 Å².